The van der Waals surface area contributed by atoms with Crippen LogP contribution in [0, 0.1) is 0 Å². The molecule has 17 heavy (non-hydrogen) atoms. The molecule has 0 heterocycles. The van der Waals surface area contributed by atoms with Gasteiger partial charge in [-0.1, -0.05) is 22.9 Å². The minimum atomic E-state index is -4.34. The second-order valence-corrected chi connectivity index (χ2v) is 5.81. The van der Waals surface area contributed by atoms with Crippen LogP contribution in [0.2, 0.25) is 0 Å². The van der Waals surface area contributed by atoms with E-state index in [0.717, 1.165) is 6.07 Å². The maximum Gasteiger partial charge on any atom is 0.418 e. The van der Waals surface area contributed by atoms with E-state index >= 15 is 0 Å². The van der Waals surface area contributed by atoms with Crippen LogP contribution in [0.5, 0.6) is 0 Å². The number of hydrogen-bond acceptors (Lipinski definition) is 2. The largest absolute Gasteiger partial charge is 0.418 e. The molecule has 0 bridgehead atoms. The molecule has 0 spiro atoms. The molecule has 1 unspecified atom stereocenters. The molecule has 1 nitrogen and oxygen atoms in total. The minimum absolute atomic E-state index is 0.126. The number of anilines is 1. The zero-order valence-corrected chi connectivity index (χ0v) is 11.8. The molecule has 1 atom stereocenters. The number of halogens is 4. The summed E-state index contributed by atoms with van der Waals surface area (Å²) in [6.07, 6.45) is -2.41. The van der Waals surface area contributed by atoms with Gasteiger partial charge in [0.2, 0.25) is 0 Å². The number of thioether (sulfide) groups is 1. The van der Waals surface area contributed by atoms with Gasteiger partial charge in [-0.3, -0.25) is 0 Å². The minimum Gasteiger partial charge on any atom is -0.383 e. The Labute approximate surface area is 111 Å². The van der Waals surface area contributed by atoms with Gasteiger partial charge in [0, 0.05) is 22.0 Å². The molecule has 1 N–H and O–H groups in total. The molecule has 0 saturated heterocycles. The molecule has 0 aliphatic heterocycles. The maximum atomic E-state index is 12.8. The van der Waals surface area contributed by atoms with Gasteiger partial charge in [0.25, 0.3) is 0 Å². The van der Waals surface area contributed by atoms with Crippen LogP contribution in [-0.4, -0.2) is 18.1 Å². The molecule has 0 fully saturated rings. The van der Waals surface area contributed by atoms with Gasteiger partial charge in [-0.05, 0) is 24.5 Å². The summed E-state index contributed by atoms with van der Waals surface area (Å²) in [7, 11) is 0. The Morgan fingerprint density at radius 1 is 1.41 bits per heavy atom. The molecule has 0 saturated carbocycles. The highest BCUT2D eigenvalue weighted by atomic mass is 79.9. The topological polar surface area (TPSA) is 12.0 Å². The Morgan fingerprint density at radius 2 is 2.06 bits per heavy atom. The third kappa shape index (κ3) is 4.43. The second-order valence-electron chi connectivity index (χ2n) is 3.61. The van der Waals surface area contributed by atoms with Crippen LogP contribution < -0.4 is 5.32 Å². The van der Waals surface area contributed by atoms with Gasteiger partial charge in [0.1, 0.15) is 0 Å². The first-order chi connectivity index (χ1) is 7.84. The van der Waals surface area contributed by atoms with Crippen molar-refractivity contribution < 1.29 is 13.2 Å². The lowest BCUT2D eigenvalue weighted by molar-refractivity contribution is -0.137. The molecule has 0 radical (unpaired) electrons. The fourth-order valence-corrected chi connectivity index (χ4v) is 1.85. The summed E-state index contributed by atoms with van der Waals surface area (Å²) in [5.41, 5.74) is -0.512. The van der Waals surface area contributed by atoms with Crippen molar-refractivity contribution in [1.29, 1.82) is 0 Å². The summed E-state index contributed by atoms with van der Waals surface area (Å²) >= 11 is 4.66. The van der Waals surface area contributed by atoms with Gasteiger partial charge in [0.15, 0.2) is 0 Å². The molecule has 6 heteroatoms. The van der Waals surface area contributed by atoms with Crippen molar-refractivity contribution in [2.75, 3.05) is 18.1 Å². The molecular weight excluding hydrogens is 315 g/mol. The Balaban J connectivity index is 2.91. The van der Waals surface area contributed by atoms with Crippen molar-refractivity contribution in [1.82, 2.24) is 0 Å². The first kappa shape index (κ1) is 14.7. The van der Waals surface area contributed by atoms with E-state index < -0.39 is 11.7 Å². The predicted octanol–water partition coefficient (Wildman–Crippen LogP) is 4.63. The number of rotatable bonds is 4. The van der Waals surface area contributed by atoms with Gasteiger partial charge >= 0.3 is 6.18 Å². The van der Waals surface area contributed by atoms with Crippen LogP contribution in [0.3, 0.4) is 0 Å². The molecule has 0 aliphatic rings. The molecule has 0 amide bonds. The smallest absolute Gasteiger partial charge is 0.383 e. The Hall–Kier alpha value is -0.360. The zero-order chi connectivity index (χ0) is 13.1. The Bertz CT molecular complexity index is 381. The first-order valence-electron chi connectivity index (χ1n) is 4.98. The SMILES string of the molecule is CSC(C)CNc1ccc(Br)cc1C(F)(F)F. The normalized spacial score (nSPS) is 13.5. The highest BCUT2D eigenvalue weighted by Gasteiger charge is 2.33. The number of hydrogen-bond donors (Lipinski definition) is 1. The summed E-state index contributed by atoms with van der Waals surface area (Å²) < 4.78 is 38.7. The lowest BCUT2D eigenvalue weighted by Gasteiger charge is -2.16. The van der Waals surface area contributed by atoms with Crippen molar-refractivity contribution >= 4 is 33.4 Å². The monoisotopic (exact) mass is 327 g/mol. The van der Waals surface area contributed by atoms with Crippen molar-refractivity contribution in [3.8, 4) is 0 Å². The molecule has 96 valence electrons. The number of nitrogens with one attached hydrogen (secondary N) is 1. The van der Waals surface area contributed by atoms with Crippen molar-refractivity contribution in [2.24, 2.45) is 0 Å². The lowest BCUT2D eigenvalue weighted by atomic mass is 10.1. The summed E-state index contributed by atoms with van der Waals surface area (Å²) in [5, 5.41) is 3.10. The molecule has 0 aromatic heterocycles. The van der Waals surface area contributed by atoms with Gasteiger partial charge in [-0.25, -0.2) is 0 Å². The Morgan fingerprint density at radius 3 is 2.59 bits per heavy atom. The molecule has 1 aromatic rings. The number of benzene rings is 1. The summed E-state index contributed by atoms with van der Waals surface area (Å²) in [6, 6.07) is 4.13. The first-order valence-corrected chi connectivity index (χ1v) is 7.06. The molecule has 0 aliphatic carbocycles. The van der Waals surface area contributed by atoms with Crippen molar-refractivity contribution in [3.05, 3.63) is 28.2 Å². The average molecular weight is 328 g/mol. The predicted molar refractivity (Wildman–Crippen MR) is 70.6 cm³/mol. The third-order valence-corrected chi connectivity index (χ3v) is 3.73. The van der Waals surface area contributed by atoms with E-state index in [1.54, 1.807) is 17.8 Å². The van der Waals surface area contributed by atoms with Crippen LogP contribution in [-0.2, 0) is 6.18 Å². The molecular formula is C11H13BrF3NS. The summed E-state index contributed by atoms with van der Waals surface area (Å²) in [6.45, 7) is 2.47. The standard InChI is InChI=1S/C11H13BrF3NS/c1-7(17-2)6-16-10-4-3-8(12)5-9(10)11(13,14)15/h3-5,7,16H,6H2,1-2H3. The fraction of sp³-hybridized carbons (Fsp3) is 0.455. The van der Waals surface area contributed by atoms with Crippen LogP contribution in [0.25, 0.3) is 0 Å². The van der Waals surface area contributed by atoms with Gasteiger partial charge in [0.05, 0.1) is 5.56 Å². The van der Waals surface area contributed by atoms with Crippen LogP contribution in [0.4, 0.5) is 18.9 Å². The highest BCUT2D eigenvalue weighted by molar-refractivity contribution is 9.10. The zero-order valence-electron chi connectivity index (χ0n) is 9.44. The van der Waals surface area contributed by atoms with E-state index in [2.05, 4.69) is 21.2 Å². The van der Waals surface area contributed by atoms with Crippen molar-refractivity contribution in [2.45, 2.75) is 18.3 Å². The van der Waals surface area contributed by atoms with Crippen LogP contribution >= 0.6 is 27.7 Å². The van der Waals surface area contributed by atoms with E-state index in [4.69, 9.17) is 0 Å². The van der Waals surface area contributed by atoms with E-state index in [1.807, 2.05) is 13.2 Å². The quantitative estimate of drug-likeness (QED) is 0.865. The van der Waals surface area contributed by atoms with Crippen LogP contribution in [0.1, 0.15) is 12.5 Å². The van der Waals surface area contributed by atoms with E-state index in [1.165, 1.54) is 6.07 Å². The average Bonchev–Trinajstić information content (AvgIpc) is 2.25. The lowest BCUT2D eigenvalue weighted by Crippen LogP contribution is -2.16. The third-order valence-electron chi connectivity index (χ3n) is 2.27. The maximum absolute atomic E-state index is 12.8. The van der Waals surface area contributed by atoms with Gasteiger partial charge in [-0.15, -0.1) is 0 Å². The molecule has 1 rings (SSSR count). The highest BCUT2D eigenvalue weighted by Crippen LogP contribution is 2.36. The number of alkyl halides is 3. The van der Waals surface area contributed by atoms with E-state index in [-0.39, 0.29) is 10.9 Å². The second kappa shape index (κ2) is 6.00. The summed E-state index contributed by atoms with van der Waals surface area (Å²) in [4.78, 5) is 0. The fourth-order valence-electron chi connectivity index (χ4n) is 1.24. The summed E-state index contributed by atoms with van der Waals surface area (Å²) in [5.74, 6) is 0. The molecule has 1 aromatic carbocycles. The van der Waals surface area contributed by atoms with Gasteiger partial charge < -0.3 is 5.32 Å². The van der Waals surface area contributed by atoms with Crippen LogP contribution in [0.15, 0.2) is 22.7 Å². The Kier molecular flexibility index (Phi) is 5.19. The van der Waals surface area contributed by atoms with E-state index in [9.17, 15) is 13.2 Å². The van der Waals surface area contributed by atoms with Gasteiger partial charge in [-0.2, -0.15) is 24.9 Å². The van der Waals surface area contributed by atoms with Crippen molar-refractivity contribution in [3.63, 3.8) is 0 Å². The van der Waals surface area contributed by atoms with E-state index in [0.29, 0.717) is 11.0 Å².